The van der Waals surface area contributed by atoms with Crippen molar-refractivity contribution in [3.8, 4) is 0 Å². The molecule has 0 radical (unpaired) electrons. The Labute approximate surface area is 148 Å². The molecule has 144 valence electrons. The van der Waals surface area contributed by atoms with Gasteiger partial charge in [0.05, 0.1) is 12.7 Å². The molecule has 8 nitrogen and oxygen atoms in total. The third-order valence-corrected chi connectivity index (χ3v) is 3.31. The van der Waals surface area contributed by atoms with Crippen LogP contribution in [0.15, 0.2) is 23.9 Å². The molecule has 0 aliphatic heterocycles. The molecule has 0 bridgehead atoms. The Bertz CT molecular complexity index is 430. The van der Waals surface area contributed by atoms with Crippen LogP contribution in [0.4, 0.5) is 0 Å². The number of aliphatic hydroxyl groups is 3. The van der Waals surface area contributed by atoms with Crippen LogP contribution in [0.5, 0.6) is 0 Å². The van der Waals surface area contributed by atoms with Gasteiger partial charge in [-0.05, 0) is 38.6 Å². The molecule has 0 amide bonds. The molecule has 0 aromatic rings. The van der Waals surface area contributed by atoms with Crippen molar-refractivity contribution in [1.82, 2.24) is 4.90 Å². The first-order valence-corrected chi connectivity index (χ1v) is 8.33. The SMILES string of the molecule is CCC(O)COC(=O)/C(=C\C=C\N(CC)CC)C(=O)OCC(O)CO. The summed E-state index contributed by atoms with van der Waals surface area (Å²) in [5.74, 6) is -1.91. The lowest BCUT2D eigenvalue weighted by Gasteiger charge is -2.14. The van der Waals surface area contributed by atoms with Gasteiger partial charge in [0.25, 0.3) is 0 Å². The summed E-state index contributed by atoms with van der Waals surface area (Å²) in [7, 11) is 0. The average Bonchev–Trinajstić information content (AvgIpc) is 2.63. The van der Waals surface area contributed by atoms with E-state index in [-0.39, 0.29) is 12.2 Å². The van der Waals surface area contributed by atoms with Gasteiger partial charge in [0.1, 0.15) is 24.9 Å². The molecule has 0 spiro atoms. The van der Waals surface area contributed by atoms with Crippen LogP contribution in [0, 0.1) is 0 Å². The highest BCUT2D eigenvalue weighted by Crippen LogP contribution is 2.05. The standard InChI is InChI=1S/C17H29NO7/c1-4-13(20)11-24-16(22)15(8-7-9-18(5-2)6-3)17(23)25-12-14(21)10-19/h7-9,13-14,19-21H,4-6,10-12H2,1-3H3/b9-7+,15-8+. The zero-order valence-electron chi connectivity index (χ0n) is 15.1. The zero-order valence-corrected chi connectivity index (χ0v) is 15.1. The fraction of sp³-hybridized carbons (Fsp3) is 0.647. The highest BCUT2D eigenvalue weighted by Gasteiger charge is 2.22. The van der Waals surface area contributed by atoms with Crippen molar-refractivity contribution < 1.29 is 34.4 Å². The minimum absolute atomic E-state index is 0.237. The number of nitrogens with zero attached hydrogens (tertiary/aromatic N) is 1. The van der Waals surface area contributed by atoms with Crippen LogP contribution in [0.1, 0.15) is 27.2 Å². The van der Waals surface area contributed by atoms with Gasteiger partial charge in [-0.25, -0.2) is 9.59 Å². The zero-order chi connectivity index (χ0) is 19.2. The smallest absolute Gasteiger partial charge is 0.345 e. The Kier molecular flexibility index (Phi) is 12.4. The Hall–Kier alpha value is -1.90. The van der Waals surface area contributed by atoms with Crippen molar-refractivity contribution >= 4 is 11.9 Å². The van der Waals surface area contributed by atoms with E-state index in [1.165, 1.54) is 12.2 Å². The number of carbonyl (C=O) groups excluding carboxylic acids is 2. The number of hydrogen-bond acceptors (Lipinski definition) is 8. The van der Waals surface area contributed by atoms with Gasteiger partial charge in [0, 0.05) is 13.1 Å². The van der Waals surface area contributed by atoms with E-state index in [2.05, 4.69) is 0 Å². The van der Waals surface area contributed by atoms with Crippen molar-refractivity contribution in [2.75, 3.05) is 32.9 Å². The fourth-order valence-electron chi connectivity index (χ4n) is 1.58. The lowest BCUT2D eigenvalue weighted by atomic mass is 10.2. The van der Waals surface area contributed by atoms with Crippen molar-refractivity contribution in [3.05, 3.63) is 23.9 Å². The van der Waals surface area contributed by atoms with Gasteiger partial charge in [-0.3, -0.25) is 0 Å². The fourth-order valence-corrected chi connectivity index (χ4v) is 1.58. The van der Waals surface area contributed by atoms with Gasteiger partial charge in [0.2, 0.25) is 0 Å². The van der Waals surface area contributed by atoms with E-state index in [0.29, 0.717) is 6.42 Å². The summed E-state index contributed by atoms with van der Waals surface area (Å²) >= 11 is 0. The number of ether oxygens (including phenoxy) is 2. The average molecular weight is 359 g/mol. The van der Waals surface area contributed by atoms with Crippen molar-refractivity contribution in [3.63, 3.8) is 0 Å². The van der Waals surface area contributed by atoms with E-state index in [4.69, 9.17) is 14.6 Å². The third-order valence-electron chi connectivity index (χ3n) is 3.31. The van der Waals surface area contributed by atoms with Crippen molar-refractivity contribution in [1.29, 1.82) is 0 Å². The molecule has 2 atom stereocenters. The summed E-state index contributed by atoms with van der Waals surface area (Å²) in [5.41, 5.74) is -0.364. The molecule has 2 unspecified atom stereocenters. The number of aliphatic hydroxyl groups excluding tert-OH is 3. The van der Waals surface area contributed by atoms with Crippen molar-refractivity contribution in [2.45, 2.75) is 39.4 Å². The van der Waals surface area contributed by atoms with E-state index < -0.39 is 37.4 Å². The number of esters is 2. The van der Waals surface area contributed by atoms with Gasteiger partial charge >= 0.3 is 11.9 Å². The molecular weight excluding hydrogens is 330 g/mol. The summed E-state index contributed by atoms with van der Waals surface area (Å²) in [6.07, 6.45) is 2.85. The first-order valence-electron chi connectivity index (χ1n) is 8.33. The maximum Gasteiger partial charge on any atom is 0.345 e. The molecule has 0 aliphatic rings. The van der Waals surface area contributed by atoms with Gasteiger partial charge in [-0.2, -0.15) is 0 Å². The van der Waals surface area contributed by atoms with Gasteiger partial charge < -0.3 is 29.7 Å². The Balaban J connectivity index is 5.08. The maximum absolute atomic E-state index is 12.1. The molecule has 3 N–H and O–H groups in total. The highest BCUT2D eigenvalue weighted by molar-refractivity contribution is 6.14. The van der Waals surface area contributed by atoms with Crippen LogP contribution in [-0.4, -0.2) is 77.3 Å². The molecule has 0 aliphatic carbocycles. The monoisotopic (exact) mass is 359 g/mol. The van der Waals surface area contributed by atoms with E-state index in [1.54, 1.807) is 13.1 Å². The molecule has 0 heterocycles. The van der Waals surface area contributed by atoms with Gasteiger partial charge in [-0.15, -0.1) is 0 Å². The summed E-state index contributed by atoms with van der Waals surface area (Å²) < 4.78 is 9.70. The minimum atomic E-state index is -1.23. The summed E-state index contributed by atoms with van der Waals surface area (Å²) in [4.78, 5) is 26.1. The predicted molar refractivity (Wildman–Crippen MR) is 91.5 cm³/mol. The number of hydrogen-bond donors (Lipinski definition) is 3. The van der Waals surface area contributed by atoms with Crippen LogP contribution in [0.25, 0.3) is 0 Å². The van der Waals surface area contributed by atoms with Crippen LogP contribution >= 0.6 is 0 Å². The molecule has 0 aromatic heterocycles. The second-order valence-electron chi connectivity index (χ2n) is 5.24. The van der Waals surface area contributed by atoms with Crippen LogP contribution in [0.3, 0.4) is 0 Å². The quantitative estimate of drug-likeness (QED) is 0.146. The Morgan fingerprint density at radius 3 is 1.96 bits per heavy atom. The summed E-state index contributed by atoms with van der Waals surface area (Å²) in [6, 6.07) is 0. The molecule has 0 saturated heterocycles. The first kappa shape index (κ1) is 23.1. The molecule has 8 heteroatoms. The summed E-state index contributed by atoms with van der Waals surface area (Å²) in [6.45, 7) is 5.92. The van der Waals surface area contributed by atoms with Crippen molar-refractivity contribution in [2.24, 2.45) is 0 Å². The van der Waals surface area contributed by atoms with Gasteiger partial charge in [0.15, 0.2) is 0 Å². The third kappa shape index (κ3) is 9.85. The van der Waals surface area contributed by atoms with Crippen LogP contribution in [0.2, 0.25) is 0 Å². The minimum Gasteiger partial charge on any atom is -0.459 e. The van der Waals surface area contributed by atoms with E-state index in [9.17, 15) is 19.8 Å². The molecule has 0 aromatic carbocycles. The highest BCUT2D eigenvalue weighted by atomic mass is 16.6. The van der Waals surface area contributed by atoms with E-state index in [1.807, 2.05) is 18.7 Å². The molecule has 0 rings (SSSR count). The van der Waals surface area contributed by atoms with Gasteiger partial charge in [-0.1, -0.05) is 6.92 Å². The van der Waals surface area contributed by atoms with E-state index >= 15 is 0 Å². The summed E-state index contributed by atoms with van der Waals surface area (Å²) in [5, 5.41) is 27.4. The van der Waals surface area contributed by atoms with E-state index in [0.717, 1.165) is 13.1 Å². The second kappa shape index (κ2) is 13.4. The predicted octanol–water partition coefficient (Wildman–Crippen LogP) is -0.0212. The first-order chi connectivity index (χ1) is 11.9. The molecule has 0 saturated carbocycles. The number of carbonyl (C=O) groups is 2. The lowest BCUT2D eigenvalue weighted by molar-refractivity contribution is -0.150. The Morgan fingerprint density at radius 2 is 1.52 bits per heavy atom. The lowest BCUT2D eigenvalue weighted by Crippen LogP contribution is -2.26. The number of rotatable bonds is 12. The molecule has 0 fully saturated rings. The number of allylic oxidation sites excluding steroid dienone is 2. The van der Waals surface area contributed by atoms with Crippen LogP contribution in [-0.2, 0) is 19.1 Å². The second-order valence-corrected chi connectivity index (χ2v) is 5.24. The maximum atomic E-state index is 12.1. The largest absolute Gasteiger partial charge is 0.459 e. The molecule has 25 heavy (non-hydrogen) atoms. The topological polar surface area (TPSA) is 117 Å². The van der Waals surface area contributed by atoms with Crippen LogP contribution < -0.4 is 0 Å². The normalized spacial score (nSPS) is 14.2. The molecular formula is C17H29NO7. The Morgan fingerprint density at radius 1 is 1.00 bits per heavy atom.